The molecule has 14 heavy (non-hydrogen) atoms. The van der Waals surface area contributed by atoms with Gasteiger partial charge in [0.15, 0.2) is 0 Å². The van der Waals surface area contributed by atoms with Gasteiger partial charge in [-0.05, 0) is 30.5 Å². The van der Waals surface area contributed by atoms with Crippen molar-refractivity contribution >= 4 is 6.21 Å². The quantitative estimate of drug-likeness (QED) is 0.636. The first-order valence-electron chi connectivity index (χ1n) is 5.13. The summed E-state index contributed by atoms with van der Waals surface area (Å²) in [6.45, 7) is 0. The lowest BCUT2D eigenvalue weighted by atomic mass is 10.2. The van der Waals surface area contributed by atoms with E-state index in [0.717, 1.165) is 5.56 Å². The lowest BCUT2D eigenvalue weighted by molar-refractivity contribution is 0.627. The number of hydrogen-bond donors (Lipinski definition) is 0. The van der Waals surface area contributed by atoms with Crippen molar-refractivity contribution in [2.24, 2.45) is 4.99 Å². The van der Waals surface area contributed by atoms with E-state index in [1.165, 1.54) is 37.8 Å². The maximum atomic E-state index is 12.8. The Morgan fingerprint density at radius 2 is 2.07 bits per heavy atom. The molecule has 0 saturated heterocycles. The second-order valence-electron chi connectivity index (χ2n) is 3.77. The summed E-state index contributed by atoms with van der Waals surface area (Å²) in [4.78, 5) is 4.44. The van der Waals surface area contributed by atoms with Crippen LogP contribution >= 0.6 is 0 Å². The number of rotatable bonds is 2. The number of aliphatic imine (C=N–C) groups is 1. The molecule has 0 radical (unpaired) electrons. The SMILES string of the molecule is Fc1cccc(C=NC2CCCC2)c1. The van der Waals surface area contributed by atoms with Crippen LogP contribution in [-0.4, -0.2) is 12.3 Å². The van der Waals surface area contributed by atoms with E-state index in [0.29, 0.717) is 6.04 Å². The first-order chi connectivity index (χ1) is 6.84. The summed E-state index contributed by atoms with van der Waals surface area (Å²) in [5.41, 5.74) is 0.858. The highest BCUT2D eigenvalue weighted by Crippen LogP contribution is 2.20. The molecule has 0 unspecified atom stereocenters. The van der Waals surface area contributed by atoms with E-state index in [1.807, 2.05) is 6.07 Å². The molecular weight excluding hydrogens is 177 g/mol. The molecule has 0 amide bonds. The van der Waals surface area contributed by atoms with Gasteiger partial charge in [-0.2, -0.15) is 0 Å². The van der Waals surface area contributed by atoms with Crippen LogP contribution in [0.5, 0.6) is 0 Å². The molecule has 1 aromatic carbocycles. The summed E-state index contributed by atoms with van der Waals surface area (Å²) in [6, 6.07) is 7.02. The van der Waals surface area contributed by atoms with E-state index < -0.39 is 0 Å². The maximum Gasteiger partial charge on any atom is 0.123 e. The van der Waals surface area contributed by atoms with Crippen molar-refractivity contribution in [3.63, 3.8) is 0 Å². The second-order valence-corrected chi connectivity index (χ2v) is 3.77. The van der Waals surface area contributed by atoms with Crippen molar-refractivity contribution < 1.29 is 4.39 Å². The summed E-state index contributed by atoms with van der Waals surface area (Å²) in [7, 11) is 0. The van der Waals surface area contributed by atoms with Gasteiger partial charge in [0, 0.05) is 12.3 Å². The normalized spacial score (nSPS) is 18.1. The fourth-order valence-electron chi connectivity index (χ4n) is 1.83. The Morgan fingerprint density at radius 3 is 2.79 bits per heavy atom. The fourth-order valence-corrected chi connectivity index (χ4v) is 1.83. The first kappa shape index (κ1) is 9.38. The monoisotopic (exact) mass is 191 g/mol. The average molecular weight is 191 g/mol. The Morgan fingerprint density at radius 1 is 1.29 bits per heavy atom. The molecule has 74 valence electrons. The summed E-state index contributed by atoms with van der Waals surface area (Å²) in [6.07, 6.45) is 6.73. The molecule has 0 heterocycles. The van der Waals surface area contributed by atoms with E-state index in [9.17, 15) is 4.39 Å². The van der Waals surface area contributed by atoms with Crippen molar-refractivity contribution in [1.82, 2.24) is 0 Å². The summed E-state index contributed by atoms with van der Waals surface area (Å²) in [5.74, 6) is -0.194. The highest BCUT2D eigenvalue weighted by Gasteiger charge is 2.12. The van der Waals surface area contributed by atoms with Crippen LogP contribution in [0.2, 0.25) is 0 Å². The van der Waals surface area contributed by atoms with Crippen LogP contribution in [0.15, 0.2) is 29.3 Å². The molecule has 2 heteroatoms. The van der Waals surface area contributed by atoms with Crippen molar-refractivity contribution in [1.29, 1.82) is 0 Å². The fraction of sp³-hybridized carbons (Fsp3) is 0.417. The smallest absolute Gasteiger partial charge is 0.123 e. The van der Waals surface area contributed by atoms with Gasteiger partial charge in [0.05, 0.1) is 0 Å². The van der Waals surface area contributed by atoms with Gasteiger partial charge in [-0.25, -0.2) is 4.39 Å². The Balaban J connectivity index is 2.02. The largest absolute Gasteiger partial charge is 0.289 e. The number of nitrogens with zero attached hydrogens (tertiary/aromatic N) is 1. The first-order valence-corrected chi connectivity index (χ1v) is 5.13. The van der Waals surface area contributed by atoms with Gasteiger partial charge in [-0.15, -0.1) is 0 Å². The number of benzene rings is 1. The highest BCUT2D eigenvalue weighted by molar-refractivity contribution is 5.79. The van der Waals surface area contributed by atoms with E-state index in [4.69, 9.17) is 0 Å². The number of hydrogen-bond acceptors (Lipinski definition) is 1. The zero-order valence-corrected chi connectivity index (χ0v) is 8.12. The Labute approximate surface area is 83.7 Å². The molecule has 1 aliphatic rings. The molecule has 1 fully saturated rings. The van der Waals surface area contributed by atoms with Gasteiger partial charge >= 0.3 is 0 Å². The molecule has 1 nitrogen and oxygen atoms in total. The Hall–Kier alpha value is -1.18. The molecule has 0 bridgehead atoms. The van der Waals surface area contributed by atoms with E-state index in [1.54, 1.807) is 12.3 Å². The Kier molecular flexibility index (Phi) is 2.92. The lowest BCUT2D eigenvalue weighted by Gasteiger charge is -2.00. The van der Waals surface area contributed by atoms with E-state index in [-0.39, 0.29) is 5.82 Å². The van der Waals surface area contributed by atoms with Gasteiger partial charge < -0.3 is 0 Å². The van der Waals surface area contributed by atoms with Crippen molar-refractivity contribution in [3.8, 4) is 0 Å². The third-order valence-electron chi connectivity index (χ3n) is 2.61. The highest BCUT2D eigenvalue weighted by atomic mass is 19.1. The Bertz CT molecular complexity index is 327. The van der Waals surface area contributed by atoms with E-state index >= 15 is 0 Å². The minimum Gasteiger partial charge on any atom is -0.289 e. The summed E-state index contributed by atoms with van der Waals surface area (Å²) >= 11 is 0. The second kappa shape index (κ2) is 4.36. The van der Waals surface area contributed by atoms with Crippen LogP contribution < -0.4 is 0 Å². The van der Waals surface area contributed by atoms with Crippen LogP contribution in [0.4, 0.5) is 4.39 Å². The molecule has 0 aromatic heterocycles. The number of halogens is 1. The maximum absolute atomic E-state index is 12.8. The van der Waals surface area contributed by atoms with E-state index in [2.05, 4.69) is 4.99 Å². The van der Waals surface area contributed by atoms with Crippen molar-refractivity contribution in [2.75, 3.05) is 0 Å². The molecule has 1 saturated carbocycles. The predicted molar refractivity (Wildman–Crippen MR) is 56.3 cm³/mol. The average Bonchev–Trinajstić information content (AvgIpc) is 2.67. The molecular formula is C12H14FN. The summed E-state index contributed by atoms with van der Waals surface area (Å²) < 4.78 is 12.8. The molecule has 2 rings (SSSR count). The third-order valence-corrected chi connectivity index (χ3v) is 2.61. The van der Waals surface area contributed by atoms with Gasteiger partial charge in [-0.1, -0.05) is 25.0 Å². The van der Waals surface area contributed by atoms with Crippen molar-refractivity contribution in [3.05, 3.63) is 35.6 Å². The van der Waals surface area contributed by atoms with Crippen LogP contribution in [-0.2, 0) is 0 Å². The molecule has 0 N–H and O–H groups in total. The van der Waals surface area contributed by atoms with Gasteiger partial charge in [0.25, 0.3) is 0 Å². The summed E-state index contributed by atoms with van der Waals surface area (Å²) in [5, 5.41) is 0. The minimum atomic E-state index is -0.194. The van der Waals surface area contributed by atoms with Crippen molar-refractivity contribution in [2.45, 2.75) is 31.7 Å². The van der Waals surface area contributed by atoms with Crippen LogP contribution in [0.25, 0.3) is 0 Å². The third kappa shape index (κ3) is 2.41. The van der Waals surface area contributed by atoms with Crippen LogP contribution in [0.1, 0.15) is 31.2 Å². The standard InChI is InChI=1S/C12H14FN/c13-11-5-3-4-10(8-11)9-14-12-6-1-2-7-12/h3-5,8-9,12H,1-2,6-7H2. The lowest BCUT2D eigenvalue weighted by Crippen LogP contribution is -1.96. The molecule has 1 aromatic rings. The molecule has 0 atom stereocenters. The minimum absolute atomic E-state index is 0.194. The van der Waals surface area contributed by atoms with Gasteiger partial charge in [-0.3, -0.25) is 4.99 Å². The van der Waals surface area contributed by atoms with Gasteiger partial charge in [0.1, 0.15) is 5.82 Å². The molecule has 0 aliphatic heterocycles. The molecule has 1 aliphatic carbocycles. The van der Waals surface area contributed by atoms with Crippen LogP contribution in [0, 0.1) is 5.82 Å². The van der Waals surface area contributed by atoms with Crippen LogP contribution in [0.3, 0.4) is 0 Å². The predicted octanol–water partition coefficient (Wildman–Crippen LogP) is 3.19. The zero-order chi connectivity index (χ0) is 9.80. The zero-order valence-electron chi connectivity index (χ0n) is 8.12. The molecule has 0 spiro atoms. The van der Waals surface area contributed by atoms with Gasteiger partial charge in [0.2, 0.25) is 0 Å². The topological polar surface area (TPSA) is 12.4 Å².